The Morgan fingerprint density at radius 3 is 1.94 bits per heavy atom. The van der Waals surface area contributed by atoms with Gasteiger partial charge in [-0.3, -0.25) is 4.90 Å². The van der Waals surface area contributed by atoms with E-state index < -0.39 is 5.82 Å². The maximum Gasteiger partial charge on any atom is 0.222 e. The van der Waals surface area contributed by atoms with Crippen LogP contribution in [0.5, 0.6) is 0 Å². The molecule has 0 aliphatic carbocycles. The molecule has 0 aliphatic heterocycles. The van der Waals surface area contributed by atoms with E-state index in [0.29, 0.717) is 0 Å². The third kappa shape index (κ3) is 3.82. The Labute approximate surface area is 193 Å². The minimum Gasteiger partial charge on any atom is -0.368 e. The number of nitrogen functional groups attached to an aromatic ring is 1. The number of fused-ring (bicyclic) bond motifs is 2. The van der Waals surface area contributed by atoms with E-state index >= 15 is 0 Å². The summed E-state index contributed by atoms with van der Waals surface area (Å²) in [4.78, 5) is 18.9. The van der Waals surface area contributed by atoms with Crippen molar-refractivity contribution < 1.29 is 4.39 Å². The summed E-state index contributed by atoms with van der Waals surface area (Å²) in [5, 5.41) is 0. The third-order valence-corrected chi connectivity index (χ3v) is 8.53. The number of rotatable bonds is 5. The summed E-state index contributed by atoms with van der Waals surface area (Å²) in [7, 11) is 0. The van der Waals surface area contributed by atoms with Crippen LogP contribution in [0.2, 0.25) is 0 Å². The van der Waals surface area contributed by atoms with Gasteiger partial charge >= 0.3 is 0 Å². The van der Waals surface area contributed by atoms with Crippen LogP contribution >= 0.6 is 46.2 Å². The van der Waals surface area contributed by atoms with E-state index in [-0.39, 0.29) is 11.8 Å². The SMILES string of the molecule is CSc1nc2ccc(N(c3ccc4nc(SC)sc4c3)c3nc(N)ncc3F)cc2s1. The van der Waals surface area contributed by atoms with Gasteiger partial charge in [-0.15, -0.1) is 22.7 Å². The van der Waals surface area contributed by atoms with Crippen molar-refractivity contribution in [3.8, 4) is 0 Å². The number of aromatic nitrogens is 4. The number of nitrogens with zero attached hydrogens (tertiary/aromatic N) is 5. The molecule has 0 radical (unpaired) electrons. The Morgan fingerprint density at radius 1 is 0.871 bits per heavy atom. The summed E-state index contributed by atoms with van der Waals surface area (Å²) in [5.74, 6) is -0.457. The molecule has 0 fully saturated rings. The van der Waals surface area contributed by atoms with E-state index in [1.807, 2.05) is 48.9 Å². The Hall–Kier alpha value is -2.47. The lowest BCUT2D eigenvalue weighted by Crippen LogP contribution is -2.14. The van der Waals surface area contributed by atoms with Crippen LogP contribution < -0.4 is 10.6 Å². The van der Waals surface area contributed by atoms with E-state index in [2.05, 4.69) is 19.9 Å². The van der Waals surface area contributed by atoms with Gasteiger partial charge in [-0.1, -0.05) is 23.5 Å². The fraction of sp³-hybridized carbons (Fsp3) is 0.100. The Bertz CT molecular complexity index is 1330. The van der Waals surface area contributed by atoms with E-state index in [1.54, 1.807) is 51.1 Å². The number of halogens is 1. The van der Waals surface area contributed by atoms with E-state index in [1.165, 1.54) is 0 Å². The first-order valence-corrected chi connectivity index (χ1v) is 13.1. The molecule has 0 atom stereocenters. The Kier molecular flexibility index (Phi) is 5.42. The zero-order valence-electron chi connectivity index (χ0n) is 16.4. The van der Waals surface area contributed by atoms with Crippen LogP contribution in [0, 0.1) is 5.82 Å². The minimum absolute atomic E-state index is 0.00785. The van der Waals surface area contributed by atoms with Crippen LogP contribution in [0.3, 0.4) is 0 Å². The highest BCUT2D eigenvalue weighted by Gasteiger charge is 2.21. The van der Waals surface area contributed by atoms with Crippen LogP contribution in [-0.2, 0) is 0 Å². The van der Waals surface area contributed by atoms with Crippen molar-refractivity contribution in [1.82, 2.24) is 19.9 Å². The fourth-order valence-corrected chi connectivity index (χ4v) is 6.20. The van der Waals surface area contributed by atoms with E-state index in [4.69, 9.17) is 5.73 Å². The monoisotopic (exact) mass is 486 g/mol. The molecule has 2 aromatic carbocycles. The molecule has 0 spiro atoms. The number of thioether (sulfide) groups is 2. The highest BCUT2D eigenvalue weighted by atomic mass is 32.2. The molecule has 0 amide bonds. The van der Waals surface area contributed by atoms with Gasteiger partial charge in [0.1, 0.15) is 0 Å². The summed E-state index contributed by atoms with van der Waals surface area (Å²) in [6.45, 7) is 0. The summed E-state index contributed by atoms with van der Waals surface area (Å²) in [6.07, 6.45) is 5.09. The third-order valence-electron chi connectivity index (χ3n) is 4.53. The number of nitrogens with two attached hydrogens (primary N) is 1. The summed E-state index contributed by atoms with van der Waals surface area (Å²) in [5.41, 5.74) is 9.14. The predicted octanol–water partition coefficient (Wildman–Crippen LogP) is 6.33. The molecule has 156 valence electrons. The fourth-order valence-electron chi connectivity index (χ4n) is 3.16. The zero-order valence-corrected chi connectivity index (χ0v) is 19.6. The van der Waals surface area contributed by atoms with Gasteiger partial charge < -0.3 is 5.73 Å². The summed E-state index contributed by atoms with van der Waals surface area (Å²) in [6, 6.07) is 11.7. The number of thiazole rings is 2. The topological polar surface area (TPSA) is 80.8 Å². The van der Waals surface area contributed by atoms with Crippen LogP contribution in [0.1, 0.15) is 0 Å². The second-order valence-corrected chi connectivity index (χ2v) is 10.6. The van der Waals surface area contributed by atoms with Crippen molar-refractivity contribution in [1.29, 1.82) is 0 Å². The van der Waals surface area contributed by atoms with Crippen LogP contribution in [0.4, 0.5) is 27.5 Å². The molecule has 0 saturated heterocycles. The molecule has 0 saturated carbocycles. The summed E-state index contributed by atoms with van der Waals surface area (Å²) < 4.78 is 18.9. The van der Waals surface area contributed by atoms with Crippen LogP contribution in [-0.4, -0.2) is 32.4 Å². The molecule has 6 nitrogen and oxygen atoms in total. The number of hydrogen-bond donors (Lipinski definition) is 1. The molecule has 0 unspecified atom stereocenters. The van der Waals surface area contributed by atoms with Crippen molar-refractivity contribution >= 4 is 89.8 Å². The van der Waals surface area contributed by atoms with Gasteiger partial charge in [-0.2, -0.15) is 4.98 Å². The molecule has 0 aliphatic rings. The van der Waals surface area contributed by atoms with Crippen molar-refractivity contribution in [2.45, 2.75) is 8.68 Å². The van der Waals surface area contributed by atoms with Crippen molar-refractivity contribution in [3.63, 3.8) is 0 Å². The van der Waals surface area contributed by atoms with Crippen LogP contribution in [0.15, 0.2) is 51.3 Å². The largest absolute Gasteiger partial charge is 0.368 e. The molecule has 3 aromatic heterocycles. The predicted molar refractivity (Wildman–Crippen MR) is 131 cm³/mol. The average molecular weight is 487 g/mol. The standard InChI is InChI=1S/C20H15FN6S4/c1-28-19-24-13-5-3-10(7-15(13)30-19)27(17-12(21)9-23-18(22)26-17)11-4-6-14-16(8-11)31-20(25-14)29-2/h3-9H,1-2H3,(H2,22,23,26). The molecule has 0 bridgehead atoms. The number of hydrogen-bond acceptors (Lipinski definition) is 10. The van der Waals surface area contributed by atoms with E-state index in [0.717, 1.165) is 46.7 Å². The highest BCUT2D eigenvalue weighted by Crippen LogP contribution is 2.40. The van der Waals surface area contributed by atoms with Gasteiger partial charge in [0.05, 0.1) is 26.6 Å². The second-order valence-electron chi connectivity index (χ2n) is 6.41. The van der Waals surface area contributed by atoms with Gasteiger partial charge in [0.25, 0.3) is 0 Å². The molecular weight excluding hydrogens is 472 g/mol. The average Bonchev–Trinajstić information content (AvgIpc) is 3.39. The van der Waals surface area contributed by atoms with Crippen LogP contribution in [0.25, 0.3) is 20.4 Å². The summed E-state index contributed by atoms with van der Waals surface area (Å²) >= 11 is 6.40. The lowest BCUT2D eigenvalue weighted by atomic mass is 10.2. The van der Waals surface area contributed by atoms with E-state index in [9.17, 15) is 4.39 Å². The van der Waals surface area contributed by atoms with Gasteiger partial charge in [0.15, 0.2) is 20.3 Å². The maximum atomic E-state index is 14.9. The number of anilines is 4. The maximum absolute atomic E-state index is 14.9. The first-order valence-electron chi connectivity index (χ1n) is 9.03. The quantitative estimate of drug-likeness (QED) is 0.289. The van der Waals surface area contributed by atoms with Gasteiger partial charge in [-0.05, 0) is 48.9 Å². The molecule has 5 aromatic rings. The van der Waals surface area contributed by atoms with Crippen molar-refractivity contribution in [2.24, 2.45) is 0 Å². The molecule has 3 heterocycles. The Morgan fingerprint density at radius 2 is 1.42 bits per heavy atom. The molecule has 5 rings (SSSR count). The lowest BCUT2D eigenvalue weighted by Gasteiger charge is -2.24. The molecule has 31 heavy (non-hydrogen) atoms. The smallest absolute Gasteiger partial charge is 0.222 e. The normalized spacial score (nSPS) is 11.5. The first kappa shape index (κ1) is 20.4. The van der Waals surface area contributed by atoms with Gasteiger partial charge in [0.2, 0.25) is 5.95 Å². The zero-order chi connectivity index (χ0) is 21.5. The lowest BCUT2D eigenvalue weighted by molar-refractivity contribution is 0.616. The first-order chi connectivity index (χ1) is 15.1. The van der Waals surface area contributed by atoms with Gasteiger partial charge in [0, 0.05) is 11.4 Å². The number of benzene rings is 2. The van der Waals surface area contributed by atoms with Gasteiger partial charge in [-0.25, -0.2) is 19.3 Å². The minimum atomic E-state index is -0.558. The molecular formula is C20H15FN6S4. The molecule has 11 heteroatoms. The second kappa shape index (κ2) is 8.23. The van der Waals surface area contributed by atoms with Crippen molar-refractivity contribution in [2.75, 3.05) is 23.1 Å². The highest BCUT2D eigenvalue weighted by molar-refractivity contribution is 8.00. The van der Waals surface area contributed by atoms with Crippen molar-refractivity contribution in [3.05, 3.63) is 48.4 Å². The Balaban J connectivity index is 1.72. The molecule has 2 N–H and O–H groups in total.